The fourth-order valence-corrected chi connectivity index (χ4v) is 3.36. The Labute approximate surface area is 180 Å². The quantitative estimate of drug-likeness (QED) is 0.484. The van der Waals surface area contributed by atoms with Crippen molar-refractivity contribution in [2.24, 2.45) is 0 Å². The van der Waals surface area contributed by atoms with E-state index in [1.807, 2.05) is 6.07 Å². The maximum atomic E-state index is 13.9. The molecule has 10 nitrogen and oxygen atoms in total. The Balaban J connectivity index is 1.28. The SMILES string of the molecule is O=C(Cn1cnc2c(nnn2Cc2ccccc2F)c1=O)NCc1ccc2c(c1)OCO2. The van der Waals surface area contributed by atoms with Crippen molar-refractivity contribution in [1.82, 2.24) is 29.9 Å². The van der Waals surface area contributed by atoms with Gasteiger partial charge in [0, 0.05) is 12.1 Å². The number of hydrogen-bond donors (Lipinski definition) is 1. The molecule has 1 aliphatic rings. The van der Waals surface area contributed by atoms with Gasteiger partial charge in [0.15, 0.2) is 22.7 Å². The largest absolute Gasteiger partial charge is 0.454 e. The first-order valence-corrected chi connectivity index (χ1v) is 9.76. The molecule has 3 heterocycles. The molecule has 0 atom stereocenters. The van der Waals surface area contributed by atoms with Crippen molar-refractivity contribution in [3.63, 3.8) is 0 Å². The molecule has 5 rings (SSSR count). The van der Waals surface area contributed by atoms with E-state index in [9.17, 15) is 14.0 Å². The summed E-state index contributed by atoms with van der Waals surface area (Å²) in [5.41, 5.74) is 0.948. The van der Waals surface area contributed by atoms with E-state index in [4.69, 9.17) is 9.47 Å². The van der Waals surface area contributed by atoms with E-state index in [0.29, 0.717) is 17.1 Å². The van der Waals surface area contributed by atoms with Gasteiger partial charge in [-0.15, -0.1) is 5.10 Å². The van der Waals surface area contributed by atoms with E-state index >= 15 is 0 Å². The third-order valence-electron chi connectivity index (χ3n) is 5.01. The standard InChI is InChI=1S/C21H17FN6O4/c22-15-4-2-1-3-14(15)9-28-20-19(25-26-28)21(30)27(11-24-20)10-18(29)23-8-13-5-6-16-17(7-13)32-12-31-16/h1-7,11H,8-10,12H2,(H,23,29). The van der Waals surface area contributed by atoms with Gasteiger partial charge in [0.2, 0.25) is 12.7 Å². The summed E-state index contributed by atoms with van der Waals surface area (Å²) in [5.74, 6) is 0.531. The molecule has 0 saturated heterocycles. The molecular weight excluding hydrogens is 419 g/mol. The number of carbonyl (C=O) groups excluding carboxylic acids is 1. The van der Waals surface area contributed by atoms with Crippen LogP contribution in [0.4, 0.5) is 4.39 Å². The van der Waals surface area contributed by atoms with Crippen LogP contribution in [0.2, 0.25) is 0 Å². The highest BCUT2D eigenvalue weighted by atomic mass is 19.1. The minimum atomic E-state index is -0.506. The van der Waals surface area contributed by atoms with Crippen molar-refractivity contribution in [2.45, 2.75) is 19.6 Å². The predicted octanol–water partition coefficient (Wildman–Crippen LogP) is 1.22. The Morgan fingerprint density at radius 2 is 2.00 bits per heavy atom. The molecule has 4 aromatic rings. The van der Waals surface area contributed by atoms with Crippen molar-refractivity contribution >= 4 is 17.1 Å². The Morgan fingerprint density at radius 3 is 2.88 bits per heavy atom. The molecule has 32 heavy (non-hydrogen) atoms. The van der Waals surface area contributed by atoms with E-state index in [2.05, 4.69) is 20.6 Å². The summed E-state index contributed by atoms with van der Waals surface area (Å²) in [7, 11) is 0. The van der Waals surface area contributed by atoms with Gasteiger partial charge in [-0.2, -0.15) is 0 Å². The van der Waals surface area contributed by atoms with Crippen LogP contribution in [0.3, 0.4) is 0 Å². The number of ether oxygens (including phenoxy) is 2. The summed E-state index contributed by atoms with van der Waals surface area (Å²) in [5, 5.41) is 10.5. The van der Waals surface area contributed by atoms with Crippen molar-refractivity contribution in [2.75, 3.05) is 6.79 Å². The predicted molar refractivity (Wildman–Crippen MR) is 109 cm³/mol. The first-order chi connectivity index (χ1) is 15.6. The maximum Gasteiger partial charge on any atom is 0.283 e. The number of benzene rings is 2. The van der Waals surface area contributed by atoms with Crippen LogP contribution in [-0.2, 0) is 24.4 Å². The molecule has 0 spiro atoms. The maximum absolute atomic E-state index is 13.9. The first-order valence-electron chi connectivity index (χ1n) is 9.76. The fourth-order valence-electron chi connectivity index (χ4n) is 3.36. The van der Waals surface area contributed by atoms with E-state index < -0.39 is 5.56 Å². The molecule has 0 unspecified atom stereocenters. The summed E-state index contributed by atoms with van der Waals surface area (Å²) in [6.45, 7) is 0.287. The zero-order valence-corrected chi connectivity index (χ0v) is 16.7. The normalized spacial score (nSPS) is 12.3. The number of nitrogens with zero attached hydrogens (tertiary/aromatic N) is 5. The van der Waals surface area contributed by atoms with E-state index in [1.54, 1.807) is 30.3 Å². The summed E-state index contributed by atoms with van der Waals surface area (Å²) in [6, 6.07) is 11.6. The van der Waals surface area contributed by atoms with Crippen molar-refractivity contribution in [3.8, 4) is 11.5 Å². The van der Waals surface area contributed by atoms with Crippen LogP contribution in [0.1, 0.15) is 11.1 Å². The molecule has 1 N–H and O–H groups in total. The molecule has 1 aliphatic heterocycles. The van der Waals surface area contributed by atoms with Gasteiger partial charge in [-0.1, -0.05) is 29.5 Å². The number of carbonyl (C=O) groups is 1. The zero-order chi connectivity index (χ0) is 22.1. The number of aromatic nitrogens is 5. The second-order valence-corrected chi connectivity index (χ2v) is 7.15. The Kier molecular flexibility index (Phi) is 4.98. The van der Waals surface area contributed by atoms with Gasteiger partial charge >= 0.3 is 0 Å². The summed E-state index contributed by atoms with van der Waals surface area (Å²) < 4.78 is 27.0. The monoisotopic (exact) mass is 436 g/mol. The number of halogens is 1. The summed E-state index contributed by atoms with van der Waals surface area (Å²) in [4.78, 5) is 29.3. The lowest BCUT2D eigenvalue weighted by molar-refractivity contribution is -0.121. The van der Waals surface area contributed by atoms with E-state index in [1.165, 1.54) is 17.1 Å². The smallest absolute Gasteiger partial charge is 0.283 e. The Hall–Kier alpha value is -4.28. The van der Waals surface area contributed by atoms with Gasteiger partial charge in [-0.3, -0.25) is 14.2 Å². The Bertz CT molecular complexity index is 1380. The number of nitrogens with one attached hydrogen (secondary N) is 1. The summed E-state index contributed by atoms with van der Waals surface area (Å²) in [6.07, 6.45) is 1.26. The molecular formula is C21H17FN6O4. The average molecular weight is 436 g/mol. The Morgan fingerprint density at radius 1 is 1.16 bits per heavy atom. The lowest BCUT2D eigenvalue weighted by Gasteiger charge is -2.08. The first kappa shape index (κ1) is 19.7. The van der Waals surface area contributed by atoms with Crippen LogP contribution in [0.5, 0.6) is 11.5 Å². The number of rotatable bonds is 6. The van der Waals surface area contributed by atoms with Crippen LogP contribution >= 0.6 is 0 Å². The van der Waals surface area contributed by atoms with Crippen LogP contribution in [-0.4, -0.2) is 37.2 Å². The minimum absolute atomic E-state index is 0.00686. The summed E-state index contributed by atoms with van der Waals surface area (Å²) >= 11 is 0. The highest BCUT2D eigenvalue weighted by Crippen LogP contribution is 2.32. The van der Waals surface area contributed by atoms with Crippen molar-refractivity contribution < 1.29 is 18.7 Å². The van der Waals surface area contributed by atoms with Gasteiger partial charge in [0.05, 0.1) is 6.54 Å². The van der Waals surface area contributed by atoms with Crippen LogP contribution in [0, 0.1) is 5.82 Å². The van der Waals surface area contributed by atoms with Crippen LogP contribution < -0.4 is 20.3 Å². The molecule has 0 radical (unpaired) electrons. The van der Waals surface area contributed by atoms with Gasteiger partial charge in [0.1, 0.15) is 18.7 Å². The second kappa shape index (κ2) is 8.10. The molecule has 2 aromatic carbocycles. The lowest BCUT2D eigenvalue weighted by Crippen LogP contribution is -2.32. The number of hydrogen-bond acceptors (Lipinski definition) is 7. The van der Waals surface area contributed by atoms with Gasteiger partial charge in [-0.05, 0) is 23.8 Å². The molecule has 2 aromatic heterocycles. The van der Waals surface area contributed by atoms with E-state index in [0.717, 1.165) is 10.1 Å². The third-order valence-corrected chi connectivity index (χ3v) is 5.01. The molecule has 0 aliphatic carbocycles. The van der Waals surface area contributed by atoms with Crippen LogP contribution in [0.25, 0.3) is 11.2 Å². The minimum Gasteiger partial charge on any atom is -0.454 e. The average Bonchev–Trinajstić information content (AvgIpc) is 3.43. The van der Waals surface area contributed by atoms with Gasteiger partial charge in [0.25, 0.3) is 5.56 Å². The molecule has 162 valence electrons. The number of amides is 1. The molecule has 0 fully saturated rings. The highest BCUT2D eigenvalue weighted by Gasteiger charge is 2.16. The van der Waals surface area contributed by atoms with Gasteiger partial charge in [-0.25, -0.2) is 14.1 Å². The molecule has 11 heteroatoms. The van der Waals surface area contributed by atoms with E-state index in [-0.39, 0.29) is 49.3 Å². The highest BCUT2D eigenvalue weighted by molar-refractivity contribution is 5.76. The second-order valence-electron chi connectivity index (χ2n) is 7.15. The van der Waals surface area contributed by atoms with Crippen molar-refractivity contribution in [1.29, 1.82) is 0 Å². The topological polar surface area (TPSA) is 113 Å². The molecule has 0 bridgehead atoms. The lowest BCUT2D eigenvalue weighted by atomic mass is 10.2. The van der Waals surface area contributed by atoms with Crippen molar-refractivity contribution in [3.05, 3.63) is 76.1 Å². The zero-order valence-electron chi connectivity index (χ0n) is 16.7. The van der Waals surface area contributed by atoms with Gasteiger partial charge < -0.3 is 14.8 Å². The molecule has 1 amide bonds. The van der Waals surface area contributed by atoms with Crippen LogP contribution in [0.15, 0.2) is 53.6 Å². The number of fused-ring (bicyclic) bond motifs is 2. The fraction of sp³-hybridized carbons (Fsp3) is 0.190. The third kappa shape index (κ3) is 3.75. The molecule has 0 saturated carbocycles.